The highest BCUT2D eigenvalue weighted by Gasteiger charge is 2.53. The van der Waals surface area contributed by atoms with Crippen LogP contribution in [0.15, 0.2) is 22.6 Å². The number of aromatic nitrogens is 1. The van der Waals surface area contributed by atoms with Crippen LogP contribution >= 0.6 is 0 Å². The second kappa shape index (κ2) is 6.68. The molecule has 2 atom stereocenters. The molecule has 0 bridgehead atoms. The third kappa shape index (κ3) is 3.90. The monoisotopic (exact) mass is 399 g/mol. The van der Waals surface area contributed by atoms with Gasteiger partial charge in [-0.15, -0.1) is 0 Å². The first kappa shape index (κ1) is 20.0. The van der Waals surface area contributed by atoms with E-state index in [-0.39, 0.29) is 5.41 Å². The summed E-state index contributed by atoms with van der Waals surface area (Å²) >= 11 is 0. The van der Waals surface area contributed by atoms with Gasteiger partial charge in [0.2, 0.25) is 5.89 Å². The van der Waals surface area contributed by atoms with Crippen LogP contribution in [-0.2, 0) is 10.2 Å². The van der Waals surface area contributed by atoms with E-state index in [2.05, 4.69) is 10.3 Å². The Hall–Kier alpha value is -2.78. The van der Waals surface area contributed by atoms with Gasteiger partial charge in [0.25, 0.3) is 0 Å². The van der Waals surface area contributed by atoms with Crippen molar-refractivity contribution in [1.82, 2.24) is 9.88 Å². The van der Waals surface area contributed by atoms with Gasteiger partial charge in [-0.3, -0.25) is 4.79 Å². The summed E-state index contributed by atoms with van der Waals surface area (Å²) in [6, 6.07) is 3.91. The van der Waals surface area contributed by atoms with Crippen LogP contribution in [0.3, 0.4) is 0 Å². The highest BCUT2D eigenvalue weighted by molar-refractivity contribution is 5.92. The van der Waals surface area contributed by atoms with Crippen molar-refractivity contribution >= 4 is 28.8 Å². The van der Waals surface area contributed by atoms with Crippen LogP contribution in [0.4, 0.5) is 23.7 Å². The van der Waals surface area contributed by atoms with Gasteiger partial charge in [-0.1, -0.05) is 20.8 Å². The number of urea groups is 1. The fourth-order valence-corrected chi connectivity index (χ4v) is 3.08. The highest BCUT2D eigenvalue weighted by Crippen LogP contribution is 2.38. The maximum atomic E-state index is 13.1. The number of alkyl halides is 3. The van der Waals surface area contributed by atoms with Gasteiger partial charge in [0.05, 0.1) is 11.8 Å². The number of aliphatic carboxylic acids is 1. The minimum absolute atomic E-state index is 0.309. The molecule has 1 aliphatic heterocycles. The van der Waals surface area contributed by atoms with Gasteiger partial charge in [-0.2, -0.15) is 13.2 Å². The molecule has 2 amide bonds. The van der Waals surface area contributed by atoms with Crippen molar-refractivity contribution in [1.29, 1.82) is 0 Å². The summed E-state index contributed by atoms with van der Waals surface area (Å²) in [5, 5.41) is 11.5. The summed E-state index contributed by atoms with van der Waals surface area (Å²) in [4.78, 5) is 28.7. The number of hydrogen-bond acceptors (Lipinski definition) is 4. The first-order chi connectivity index (χ1) is 12.9. The molecular weight excluding hydrogens is 379 g/mol. The number of carboxylic acids is 1. The number of fused-ring (bicyclic) bond motifs is 1. The second-order valence-electron chi connectivity index (χ2n) is 7.88. The van der Waals surface area contributed by atoms with Crippen LogP contribution < -0.4 is 5.32 Å². The molecule has 3 rings (SSSR count). The molecule has 1 aliphatic rings. The Morgan fingerprint density at radius 2 is 1.93 bits per heavy atom. The molecule has 1 fully saturated rings. The number of nitrogens with one attached hydrogen (secondary N) is 1. The predicted octanol–water partition coefficient (Wildman–Crippen LogP) is 3.85. The van der Waals surface area contributed by atoms with E-state index in [0.717, 1.165) is 4.90 Å². The minimum atomic E-state index is -4.69. The summed E-state index contributed by atoms with van der Waals surface area (Å²) in [7, 11) is 0. The van der Waals surface area contributed by atoms with E-state index in [1.54, 1.807) is 18.2 Å². The third-order valence-electron chi connectivity index (χ3n) is 4.63. The molecule has 1 aromatic heterocycles. The molecule has 0 aliphatic carbocycles. The Labute approximate surface area is 158 Å². The lowest BCUT2D eigenvalue weighted by molar-refractivity contribution is -0.187. The molecule has 0 radical (unpaired) electrons. The van der Waals surface area contributed by atoms with Crippen molar-refractivity contribution in [3.8, 4) is 0 Å². The Balaban J connectivity index is 1.76. The number of benzene rings is 1. The summed E-state index contributed by atoms with van der Waals surface area (Å²) in [5.74, 6) is -4.83. The van der Waals surface area contributed by atoms with Crippen LogP contribution in [0.2, 0.25) is 0 Å². The van der Waals surface area contributed by atoms with Gasteiger partial charge in [0, 0.05) is 24.2 Å². The zero-order valence-electron chi connectivity index (χ0n) is 15.5. The summed E-state index contributed by atoms with van der Waals surface area (Å²) < 4.78 is 44.9. The molecule has 0 spiro atoms. The number of anilines is 1. The molecule has 2 aromatic rings. The first-order valence-electron chi connectivity index (χ1n) is 8.63. The van der Waals surface area contributed by atoms with E-state index < -0.39 is 43.1 Å². The van der Waals surface area contributed by atoms with Gasteiger partial charge >= 0.3 is 18.2 Å². The topological polar surface area (TPSA) is 95.7 Å². The normalized spacial score (nSPS) is 20.6. The van der Waals surface area contributed by atoms with Crippen molar-refractivity contribution in [3.63, 3.8) is 0 Å². The Morgan fingerprint density at radius 1 is 1.25 bits per heavy atom. The first-order valence-corrected chi connectivity index (χ1v) is 8.63. The van der Waals surface area contributed by atoms with Gasteiger partial charge < -0.3 is 19.7 Å². The van der Waals surface area contributed by atoms with E-state index in [1.165, 1.54) is 0 Å². The standard InChI is InChI=1S/C18H20F3N3O4/c1-17(2,3)15-23-12-6-9(4-5-13(12)28-15)22-16(27)24-7-10(14(25)26)11(8-24)18(19,20)21/h4-6,10-11H,7-8H2,1-3H3,(H,22,27)(H,25,26)/t10-,11-/m1/s1. The van der Waals surface area contributed by atoms with Gasteiger partial charge in [-0.05, 0) is 18.2 Å². The van der Waals surface area contributed by atoms with Crippen molar-refractivity contribution < 1.29 is 32.3 Å². The van der Waals surface area contributed by atoms with Crippen LogP contribution in [-0.4, -0.2) is 46.3 Å². The SMILES string of the molecule is CC(C)(C)c1nc2cc(NC(=O)N3C[C@@H](C(F)(F)F)[C@H](C(=O)O)C3)ccc2o1. The molecule has 1 aromatic carbocycles. The maximum absolute atomic E-state index is 13.1. The second-order valence-corrected chi connectivity index (χ2v) is 7.88. The fourth-order valence-electron chi connectivity index (χ4n) is 3.08. The lowest BCUT2D eigenvalue weighted by Gasteiger charge is -2.18. The van der Waals surface area contributed by atoms with Crippen LogP contribution in [0.25, 0.3) is 11.1 Å². The van der Waals surface area contributed by atoms with E-state index in [0.29, 0.717) is 22.7 Å². The number of halogens is 3. The number of carbonyl (C=O) groups excluding carboxylic acids is 1. The molecule has 0 saturated carbocycles. The van der Waals surface area contributed by atoms with Crippen molar-refractivity contribution in [2.24, 2.45) is 11.8 Å². The fraction of sp³-hybridized carbons (Fsp3) is 0.500. The molecule has 7 nitrogen and oxygen atoms in total. The molecule has 2 heterocycles. The molecule has 10 heteroatoms. The summed E-state index contributed by atoms with van der Waals surface area (Å²) in [6.07, 6.45) is -4.69. The van der Waals surface area contributed by atoms with Crippen LogP contribution in [0, 0.1) is 11.8 Å². The van der Waals surface area contributed by atoms with Crippen molar-refractivity contribution in [2.45, 2.75) is 32.4 Å². The molecule has 1 saturated heterocycles. The van der Waals surface area contributed by atoms with Crippen LogP contribution in [0.1, 0.15) is 26.7 Å². The average molecular weight is 399 g/mol. The zero-order chi connectivity index (χ0) is 20.9. The quantitative estimate of drug-likeness (QED) is 0.800. The molecule has 28 heavy (non-hydrogen) atoms. The van der Waals surface area contributed by atoms with E-state index >= 15 is 0 Å². The lowest BCUT2D eigenvalue weighted by Crippen LogP contribution is -2.35. The van der Waals surface area contributed by atoms with Gasteiger partial charge in [-0.25, -0.2) is 9.78 Å². The zero-order valence-corrected chi connectivity index (χ0v) is 15.5. The van der Waals surface area contributed by atoms with Crippen LogP contribution in [0.5, 0.6) is 0 Å². The molecule has 152 valence electrons. The predicted molar refractivity (Wildman–Crippen MR) is 94.0 cm³/mol. The smallest absolute Gasteiger partial charge is 0.394 e. The van der Waals surface area contributed by atoms with Crippen molar-refractivity contribution in [3.05, 3.63) is 24.1 Å². The number of hydrogen-bond donors (Lipinski definition) is 2. The largest absolute Gasteiger partial charge is 0.481 e. The van der Waals surface area contributed by atoms with Gasteiger partial charge in [0.1, 0.15) is 5.52 Å². The number of likely N-dealkylation sites (tertiary alicyclic amines) is 1. The highest BCUT2D eigenvalue weighted by atomic mass is 19.4. The number of carboxylic acid groups (broad SMARTS) is 1. The van der Waals surface area contributed by atoms with E-state index in [1.807, 2.05) is 20.8 Å². The minimum Gasteiger partial charge on any atom is -0.481 e. The average Bonchev–Trinajstić information content (AvgIpc) is 3.18. The Kier molecular flexibility index (Phi) is 4.76. The Bertz CT molecular complexity index is 917. The number of amides is 2. The lowest BCUT2D eigenvalue weighted by atomic mass is 9.96. The maximum Gasteiger partial charge on any atom is 0.394 e. The Morgan fingerprint density at radius 3 is 2.46 bits per heavy atom. The molecule has 2 N–H and O–H groups in total. The number of nitrogens with zero attached hydrogens (tertiary/aromatic N) is 2. The number of oxazole rings is 1. The number of carbonyl (C=O) groups is 2. The van der Waals surface area contributed by atoms with Gasteiger partial charge in [0.15, 0.2) is 5.58 Å². The summed E-state index contributed by atoms with van der Waals surface area (Å²) in [5.41, 5.74) is 1.04. The van der Waals surface area contributed by atoms with Crippen molar-refractivity contribution in [2.75, 3.05) is 18.4 Å². The van der Waals surface area contributed by atoms with E-state index in [9.17, 15) is 22.8 Å². The molecule has 0 unspecified atom stereocenters. The third-order valence-corrected chi connectivity index (χ3v) is 4.63. The molecular formula is C18H20F3N3O4. The van der Waals surface area contributed by atoms with E-state index in [4.69, 9.17) is 9.52 Å². The summed E-state index contributed by atoms with van der Waals surface area (Å²) in [6.45, 7) is 4.59. The number of rotatable bonds is 2.